The van der Waals surface area contributed by atoms with Crippen molar-refractivity contribution in [3.05, 3.63) is 64.3 Å². The summed E-state index contributed by atoms with van der Waals surface area (Å²) >= 11 is 5.98. The Hall–Kier alpha value is -3.32. The van der Waals surface area contributed by atoms with Crippen LogP contribution in [-0.2, 0) is 4.79 Å². The molecule has 29 heavy (non-hydrogen) atoms. The van der Waals surface area contributed by atoms with Crippen LogP contribution in [-0.4, -0.2) is 28.3 Å². The first-order chi connectivity index (χ1) is 14.0. The number of ether oxygens (including phenoxy) is 2. The summed E-state index contributed by atoms with van der Waals surface area (Å²) in [5, 5.41) is 8.05. The molecule has 0 radical (unpaired) electrons. The van der Waals surface area contributed by atoms with Gasteiger partial charge >= 0.3 is 0 Å². The second kappa shape index (κ2) is 6.63. The van der Waals surface area contributed by atoms with Crippen LogP contribution < -0.4 is 14.8 Å². The van der Waals surface area contributed by atoms with Gasteiger partial charge in [-0.1, -0.05) is 11.6 Å². The van der Waals surface area contributed by atoms with Gasteiger partial charge in [-0.05, 0) is 49.4 Å². The van der Waals surface area contributed by atoms with E-state index in [0.29, 0.717) is 33.6 Å². The Kier molecular flexibility index (Phi) is 4.06. The molecule has 8 heteroatoms. The highest BCUT2D eigenvalue weighted by molar-refractivity contribution is 6.30. The molecule has 2 aliphatic heterocycles. The third-order valence-electron chi connectivity index (χ3n) is 5.15. The van der Waals surface area contributed by atoms with Crippen LogP contribution in [0.4, 0.5) is 5.82 Å². The average molecular weight is 410 g/mol. The monoisotopic (exact) mass is 409 g/mol. The lowest BCUT2D eigenvalue weighted by molar-refractivity contribution is -0.116. The van der Waals surface area contributed by atoms with E-state index in [2.05, 4.69) is 10.4 Å². The average Bonchev–Trinajstić information content (AvgIpc) is 3.31. The fourth-order valence-corrected chi connectivity index (χ4v) is 3.92. The van der Waals surface area contributed by atoms with Gasteiger partial charge in [0.25, 0.3) is 0 Å². The Balaban J connectivity index is 1.58. The topological polar surface area (TPSA) is 82.5 Å². The van der Waals surface area contributed by atoms with Gasteiger partial charge < -0.3 is 14.8 Å². The van der Waals surface area contributed by atoms with Crippen LogP contribution in [0.5, 0.6) is 11.5 Å². The summed E-state index contributed by atoms with van der Waals surface area (Å²) in [5.74, 6) is 0.644. The standard InChI is InChI=1S/C21H16ClN3O4/c1-11-19-15(20(27)12-2-7-16-17(8-12)29-10-28-16)9-18(26)23-21(19)25(24-11)14-5-3-13(22)4-6-14/h2-8,15H,9-10H2,1H3,(H,23,26). The van der Waals surface area contributed by atoms with Crippen molar-refractivity contribution in [1.82, 2.24) is 9.78 Å². The molecule has 0 bridgehead atoms. The molecule has 3 heterocycles. The van der Waals surface area contributed by atoms with Crippen molar-refractivity contribution >= 4 is 29.1 Å². The zero-order valence-corrected chi connectivity index (χ0v) is 16.2. The first-order valence-corrected chi connectivity index (χ1v) is 9.48. The molecule has 1 unspecified atom stereocenters. The fraction of sp³-hybridized carbons (Fsp3) is 0.190. The number of hydrogen-bond donors (Lipinski definition) is 1. The molecule has 1 aromatic heterocycles. The summed E-state index contributed by atoms with van der Waals surface area (Å²) < 4.78 is 12.3. The van der Waals surface area contributed by atoms with E-state index in [4.69, 9.17) is 21.1 Å². The first kappa shape index (κ1) is 17.8. The van der Waals surface area contributed by atoms with Crippen LogP contribution in [0, 0.1) is 6.92 Å². The largest absolute Gasteiger partial charge is 0.454 e. The number of carbonyl (C=O) groups excluding carboxylic acids is 2. The molecule has 0 saturated heterocycles. The predicted molar refractivity (Wildman–Crippen MR) is 106 cm³/mol. The van der Waals surface area contributed by atoms with Crippen molar-refractivity contribution < 1.29 is 19.1 Å². The van der Waals surface area contributed by atoms with E-state index in [0.717, 1.165) is 11.3 Å². The van der Waals surface area contributed by atoms with Gasteiger partial charge in [0.15, 0.2) is 17.3 Å². The van der Waals surface area contributed by atoms with E-state index in [9.17, 15) is 9.59 Å². The number of aromatic nitrogens is 2. The molecule has 0 fully saturated rings. The molecule has 146 valence electrons. The minimum atomic E-state index is -0.625. The van der Waals surface area contributed by atoms with Crippen molar-refractivity contribution in [3.63, 3.8) is 0 Å². The lowest BCUT2D eigenvalue weighted by Crippen LogP contribution is -2.28. The third kappa shape index (κ3) is 2.94. The molecule has 2 aromatic carbocycles. The summed E-state index contributed by atoms with van der Waals surface area (Å²) in [6, 6.07) is 12.2. The summed E-state index contributed by atoms with van der Waals surface area (Å²) in [4.78, 5) is 25.8. The Labute approximate surface area is 171 Å². The lowest BCUT2D eigenvalue weighted by atomic mass is 9.85. The van der Waals surface area contributed by atoms with Gasteiger partial charge in [-0.2, -0.15) is 5.10 Å². The Morgan fingerprint density at radius 1 is 1.17 bits per heavy atom. The summed E-state index contributed by atoms with van der Waals surface area (Å²) in [5.41, 5.74) is 2.63. The highest BCUT2D eigenvalue weighted by atomic mass is 35.5. The Morgan fingerprint density at radius 3 is 2.72 bits per heavy atom. The molecule has 0 saturated carbocycles. The molecular weight excluding hydrogens is 394 g/mol. The molecule has 2 aliphatic rings. The molecule has 1 atom stereocenters. The maximum atomic E-state index is 13.3. The zero-order valence-electron chi connectivity index (χ0n) is 15.4. The highest BCUT2D eigenvalue weighted by Gasteiger charge is 2.36. The molecule has 7 nitrogen and oxygen atoms in total. The minimum Gasteiger partial charge on any atom is -0.454 e. The number of rotatable bonds is 3. The number of ketones is 1. The number of Topliss-reactive ketones (excluding diaryl/α,β-unsaturated/α-hetero) is 1. The van der Waals surface area contributed by atoms with Crippen LogP contribution in [0.3, 0.4) is 0 Å². The van der Waals surface area contributed by atoms with Crippen LogP contribution in [0.2, 0.25) is 5.02 Å². The number of aryl methyl sites for hydroxylation is 1. The van der Waals surface area contributed by atoms with Gasteiger partial charge in [0.2, 0.25) is 12.7 Å². The van der Waals surface area contributed by atoms with Gasteiger partial charge in [0, 0.05) is 22.6 Å². The molecule has 1 amide bonds. The van der Waals surface area contributed by atoms with Gasteiger partial charge in [-0.15, -0.1) is 0 Å². The number of amides is 1. The van der Waals surface area contributed by atoms with E-state index in [1.54, 1.807) is 35.0 Å². The number of hydrogen-bond acceptors (Lipinski definition) is 5. The summed E-state index contributed by atoms with van der Waals surface area (Å²) in [6.07, 6.45) is 0.0629. The molecule has 3 aromatic rings. The number of anilines is 1. The second-order valence-electron chi connectivity index (χ2n) is 6.97. The number of nitrogens with zero attached hydrogens (tertiary/aromatic N) is 2. The Morgan fingerprint density at radius 2 is 1.93 bits per heavy atom. The van der Waals surface area contributed by atoms with Crippen molar-refractivity contribution in [3.8, 4) is 17.2 Å². The van der Waals surface area contributed by atoms with E-state index < -0.39 is 5.92 Å². The van der Waals surface area contributed by atoms with E-state index in [1.807, 2.05) is 19.1 Å². The van der Waals surface area contributed by atoms with Crippen molar-refractivity contribution in [2.24, 2.45) is 0 Å². The number of carbonyl (C=O) groups is 2. The minimum absolute atomic E-state index is 0.0629. The molecule has 0 spiro atoms. The zero-order chi connectivity index (χ0) is 20.1. The molecule has 1 N–H and O–H groups in total. The van der Waals surface area contributed by atoms with Gasteiger partial charge in [-0.25, -0.2) is 4.68 Å². The normalized spacial score (nSPS) is 17.0. The second-order valence-corrected chi connectivity index (χ2v) is 7.41. The number of benzene rings is 2. The van der Waals surface area contributed by atoms with Crippen LogP contribution in [0.25, 0.3) is 5.69 Å². The number of halogens is 1. The smallest absolute Gasteiger partial charge is 0.231 e. The van der Waals surface area contributed by atoms with Gasteiger partial charge in [-0.3, -0.25) is 9.59 Å². The van der Waals surface area contributed by atoms with Crippen LogP contribution in [0.1, 0.15) is 34.0 Å². The summed E-state index contributed by atoms with van der Waals surface area (Å²) in [6.45, 7) is 1.97. The van der Waals surface area contributed by atoms with Crippen LogP contribution in [0.15, 0.2) is 42.5 Å². The fourth-order valence-electron chi connectivity index (χ4n) is 3.79. The maximum absolute atomic E-state index is 13.3. The molecule has 5 rings (SSSR count). The van der Waals surface area contributed by atoms with E-state index in [-0.39, 0.29) is 24.9 Å². The SMILES string of the molecule is Cc1nn(-c2ccc(Cl)cc2)c2c1C(C(=O)c1ccc3c(c1)OCO3)CC(=O)N2. The quantitative estimate of drug-likeness (QED) is 0.664. The first-order valence-electron chi connectivity index (χ1n) is 9.10. The van der Waals surface area contributed by atoms with Crippen molar-refractivity contribution in [2.45, 2.75) is 19.3 Å². The third-order valence-corrected chi connectivity index (χ3v) is 5.40. The predicted octanol–water partition coefficient (Wildman–Crippen LogP) is 3.87. The maximum Gasteiger partial charge on any atom is 0.231 e. The van der Waals surface area contributed by atoms with E-state index >= 15 is 0 Å². The highest BCUT2D eigenvalue weighted by Crippen LogP contribution is 2.40. The lowest BCUT2D eigenvalue weighted by Gasteiger charge is -2.23. The van der Waals surface area contributed by atoms with Gasteiger partial charge in [0.05, 0.1) is 17.3 Å². The van der Waals surface area contributed by atoms with Gasteiger partial charge in [0.1, 0.15) is 5.82 Å². The van der Waals surface area contributed by atoms with Crippen molar-refractivity contribution in [1.29, 1.82) is 0 Å². The number of fused-ring (bicyclic) bond motifs is 2. The van der Waals surface area contributed by atoms with E-state index in [1.165, 1.54) is 0 Å². The summed E-state index contributed by atoms with van der Waals surface area (Å²) in [7, 11) is 0. The number of nitrogens with one attached hydrogen (secondary N) is 1. The van der Waals surface area contributed by atoms with Crippen LogP contribution >= 0.6 is 11.6 Å². The van der Waals surface area contributed by atoms with Crippen molar-refractivity contribution in [2.75, 3.05) is 12.1 Å². The Bertz CT molecular complexity index is 1150. The molecule has 0 aliphatic carbocycles. The molecular formula is C21H16ClN3O4.